The van der Waals surface area contributed by atoms with E-state index in [4.69, 9.17) is 4.74 Å². The van der Waals surface area contributed by atoms with Crippen molar-refractivity contribution in [1.29, 1.82) is 0 Å². The number of hydrogen-bond acceptors (Lipinski definition) is 3. The number of benzene rings is 1. The second kappa shape index (κ2) is 7.83. The van der Waals surface area contributed by atoms with E-state index in [-0.39, 0.29) is 0 Å². The Balaban J connectivity index is 2.14. The highest BCUT2D eigenvalue weighted by Gasteiger charge is 2.26. The maximum Gasteiger partial charge on any atom is 0.0669 e. The summed E-state index contributed by atoms with van der Waals surface area (Å²) < 4.78 is 6.84. The van der Waals surface area contributed by atoms with E-state index in [1.165, 1.54) is 10.5 Å². The highest BCUT2D eigenvalue weighted by atomic mass is 79.9. The van der Waals surface area contributed by atoms with E-state index in [9.17, 15) is 0 Å². The molecule has 20 heavy (non-hydrogen) atoms. The lowest BCUT2D eigenvalue weighted by Crippen LogP contribution is -2.20. The number of rotatable bonds is 6. The van der Waals surface area contributed by atoms with E-state index in [2.05, 4.69) is 60.2 Å². The minimum absolute atomic E-state index is 0.353. The van der Waals surface area contributed by atoms with Gasteiger partial charge in [0.1, 0.15) is 0 Å². The van der Waals surface area contributed by atoms with E-state index in [1.54, 1.807) is 0 Å². The van der Waals surface area contributed by atoms with Crippen LogP contribution in [-0.4, -0.2) is 24.5 Å². The molecule has 1 aliphatic heterocycles. The molecule has 0 aromatic heterocycles. The second-order valence-electron chi connectivity index (χ2n) is 5.38. The zero-order valence-corrected chi connectivity index (χ0v) is 14.9. The first kappa shape index (κ1) is 16.3. The van der Waals surface area contributed by atoms with Crippen LogP contribution in [0, 0.1) is 0 Å². The van der Waals surface area contributed by atoms with Crippen molar-refractivity contribution in [3.8, 4) is 0 Å². The van der Waals surface area contributed by atoms with Gasteiger partial charge >= 0.3 is 0 Å². The molecular weight excluding hydrogens is 334 g/mol. The van der Waals surface area contributed by atoms with Gasteiger partial charge in [-0.1, -0.05) is 28.9 Å². The highest BCUT2D eigenvalue weighted by molar-refractivity contribution is 9.10. The Labute approximate surface area is 135 Å². The molecule has 1 N–H and O–H groups in total. The smallest absolute Gasteiger partial charge is 0.0669 e. The summed E-state index contributed by atoms with van der Waals surface area (Å²) in [5.41, 5.74) is 1.39. The fourth-order valence-corrected chi connectivity index (χ4v) is 4.37. The second-order valence-corrected chi connectivity index (χ2v) is 7.58. The molecule has 0 aliphatic carbocycles. The number of halogens is 1. The summed E-state index contributed by atoms with van der Waals surface area (Å²) in [6.45, 7) is 8.59. The van der Waals surface area contributed by atoms with Gasteiger partial charge in [0.15, 0.2) is 0 Å². The van der Waals surface area contributed by atoms with Crippen molar-refractivity contribution in [2.45, 2.75) is 55.9 Å². The third-order valence-corrected chi connectivity index (χ3v) is 5.75. The van der Waals surface area contributed by atoms with E-state index >= 15 is 0 Å². The summed E-state index contributed by atoms with van der Waals surface area (Å²) in [4.78, 5) is 1.37. The van der Waals surface area contributed by atoms with E-state index in [0.29, 0.717) is 17.4 Å². The maximum atomic E-state index is 5.68. The van der Waals surface area contributed by atoms with Crippen LogP contribution in [0.25, 0.3) is 0 Å². The third-order valence-electron chi connectivity index (χ3n) is 3.73. The normalized spacial score (nSPS) is 24.0. The Morgan fingerprint density at radius 3 is 2.95 bits per heavy atom. The Kier molecular flexibility index (Phi) is 6.40. The zero-order valence-electron chi connectivity index (χ0n) is 12.5. The van der Waals surface area contributed by atoms with Gasteiger partial charge in [-0.05, 0) is 50.9 Å². The molecule has 2 rings (SSSR count). The summed E-state index contributed by atoms with van der Waals surface area (Å²) in [6.07, 6.45) is 2.66. The number of thioether (sulfide) groups is 1. The van der Waals surface area contributed by atoms with Gasteiger partial charge in [-0.3, -0.25) is 0 Å². The van der Waals surface area contributed by atoms with Crippen molar-refractivity contribution in [3.63, 3.8) is 0 Å². The summed E-state index contributed by atoms with van der Waals surface area (Å²) in [5, 5.41) is 4.16. The molecule has 2 nitrogen and oxygen atoms in total. The molecule has 3 atom stereocenters. The molecule has 1 heterocycles. The molecule has 0 saturated carbocycles. The average molecular weight is 358 g/mol. The lowest BCUT2D eigenvalue weighted by Gasteiger charge is -2.21. The molecule has 3 unspecified atom stereocenters. The van der Waals surface area contributed by atoms with Crippen LogP contribution < -0.4 is 5.32 Å². The minimum Gasteiger partial charge on any atom is -0.377 e. The fraction of sp³-hybridized carbons (Fsp3) is 0.625. The first-order valence-corrected chi connectivity index (χ1v) is 9.10. The van der Waals surface area contributed by atoms with Crippen LogP contribution >= 0.6 is 27.7 Å². The molecule has 1 fully saturated rings. The molecule has 112 valence electrons. The van der Waals surface area contributed by atoms with Gasteiger partial charge in [-0.15, -0.1) is 11.8 Å². The molecule has 0 amide bonds. The van der Waals surface area contributed by atoms with E-state index < -0.39 is 0 Å². The molecule has 0 spiro atoms. The van der Waals surface area contributed by atoms with Gasteiger partial charge in [0, 0.05) is 27.3 Å². The van der Waals surface area contributed by atoms with Crippen molar-refractivity contribution in [1.82, 2.24) is 5.32 Å². The first-order chi connectivity index (χ1) is 9.61. The first-order valence-electron chi connectivity index (χ1n) is 7.43. The Morgan fingerprint density at radius 1 is 1.50 bits per heavy atom. The summed E-state index contributed by atoms with van der Waals surface area (Å²) in [7, 11) is 0. The molecule has 1 aliphatic rings. The summed E-state index contributed by atoms with van der Waals surface area (Å²) in [5.74, 6) is 0. The number of nitrogens with one attached hydrogen (secondary N) is 1. The van der Waals surface area contributed by atoms with Gasteiger partial charge in [-0.2, -0.15) is 0 Å². The van der Waals surface area contributed by atoms with Crippen molar-refractivity contribution < 1.29 is 4.74 Å². The van der Waals surface area contributed by atoms with Gasteiger partial charge in [0.2, 0.25) is 0 Å². The largest absolute Gasteiger partial charge is 0.377 e. The minimum atomic E-state index is 0.353. The Bertz CT molecular complexity index is 440. The SMILES string of the molecule is CCCNC(C)c1ccc(Br)cc1SC1CCOC1C. The predicted molar refractivity (Wildman–Crippen MR) is 90.5 cm³/mol. The summed E-state index contributed by atoms with van der Waals surface area (Å²) >= 11 is 5.56. The van der Waals surface area contributed by atoms with Gasteiger partial charge < -0.3 is 10.1 Å². The predicted octanol–water partition coefficient (Wildman–Crippen LogP) is 4.78. The fourth-order valence-electron chi connectivity index (χ4n) is 2.47. The third kappa shape index (κ3) is 4.23. The molecule has 0 bridgehead atoms. The van der Waals surface area contributed by atoms with Crippen molar-refractivity contribution in [3.05, 3.63) is 28.2 Å². The maximum absolute atomic E-state index is 5.68. The Hall–Kier alpha value is -0.0300. The molecule has 0 radical (unpaired) electrons. The van der Waals surface area contributed by atoms with Crippen LogP contribution in [0.4, 0.5) is 0 Å². The molecule has 1 aromatic rings. The highest BCUT2D eigenvalue weighted by Crippen LogP contribution is 2.37. The standard InChI is InChI=1S/C16H24BrNOS/c1-4-8-18-11(2)14-6-5-13(17)10-16(14)20-15-7-9-19-12(15)3/h5-6,10-12,15,18H,4,7-9H2,1-3H3. The molecule has 1 saturated heterocycles. The number of hydrogen-bond donors (Lipinski definition) is 1. The monoisotopic (exact) mass is 357 g/mol. The number of ether oxygens (including phenoxy) is 1. The van der Waals surface area contributed by atoms with Crippen LogP contribution in [0.2, 0.25) is 0 Å². The van der Waals surface area contributed by atoms with Crippen LogP contribution in [0.15, 0.2) is 27.6 Å². The topological polar surface area (TPSA) is 21.3 Å². The van der Waals surface area contributed by atoms with Crippen molar-refractivity contribution in [2.75, 3.05) is 13.2 Å². The van der Waals surface area contributed by atoms with Crippen LogP contribution in [0.1, 0.15) is 45.2 Å². The van der Waals surface area contributed by atoms with Gasteiger partial charge in [-0.25, -0.2) is 0 Å². The molecule has 4 heteroatoms. The van der Waals surface area contributed by atoms with Crippen LogP contribution in [0.3, 0.4) is 0 Å². The van der Waals surface area contributed by atoms with E-state index in [0.717, 1.165) is 30.5 Å². The molecule has 1 aromatic carbocycles. The van der Waals surface area contributed by atoms with Crippen LogP contribution in [-0.2, 0) is 4.74 Å². The average Bonchev–Trinajstić information content (AvgIpc) is 2.82. The van der Waals surface area contributed by atoms with E-state index in [1.807, 2.05) is 11.8 Å². The Morgan fingerprint density at radius 2 is 2.30 bits per heavy atom. The molecular formula is C16H24BrNOS. The quantitative estimate of drug-likeness (QED) is 0.791. The lowest BCUT2D eigenvalue weighted by molar-refractivity contribution is 0.127. The van der Waals surface area contributed by atoms with Gasteiger partial charge in [0.05, 0.1) is 6.10 Å². The summed E-state index contributed by atoms with van der Waals surface area (Å²) in [6, 6.07) is 7.01. The van der Waals surface area contributed by atoms with Crippen molar-refractivity contribution in [2.24, 2.45) is 0 Å². The lowest BCUT2D eigenvalue weighted by atomic mass is 10.1. The van der Waals surface area contributed by atoms with Crippen LogP contribution in [0.5, 0.6) is 0 Å². The van der Waals surface area contributed by atoms with Crippen molar-refractivity contribution >= 4 is 27.7 Å². The van der Waals surface area contributed by atoms with Gasteiger partial charge in [0.25, 0.3) is 0 Å². The zero-order chi connectivity index (χ0) is 14.5.